The zero-order valence-corrected chi connectivity index (χ0v) is 11.3. The number of aromatic nitrogens is 1. The van der Waals surface area contributed by atoms with Crippen LogP contribution in [0.25, 0.3) is 0 Å². The lowest BCUT2D eigenvalue weighted by atomic mass is 10.1. The maximum atomic E-state index is 11.9. The predicted molar refractivity (Wildman–Crippen MR) is 73.1 cm³/mol. The van der Waals surface area contributed by atoms with Crippen molar-refractivity contribution < 1.29 is 14.3 Å². The van der Waals surface area contributed by atoms with E-state index in [4.69, 9.17) is 4.74 Å². The Morgan fingerprint density at radius 1 is 1.55 bits per heavy atom. The van der Waals surface area contributed by atoms with Gasteiger partial charge in [0.2, 0.25) is 11.8 Å². The van der Waals surface area contributed by atoms with Gasteiger partial charge in [0.15, 0.2) is 0 Å². The third-order valence-corrected chi connectivity index (χ3v) is 2.97. The summed E-state index contributed by atoms with van der Waals surface area (Å²) in [5.74, 6) is -0.533. The fourth-order valence-corrected chi connectivity index (χ4v) is 1.95. The van der Waals surface area contributed by atoms with Crippen molar-refractivity contribution in [2.24, 2.45) is 0 Å². The molecule has 1 fully saturated rings. The van der Waals surface area contributed by atoms with E-state index in [9.17, 15) is 9.59 Å². The summed E-state index contributed by atoms with van der Waals surface area (Å²) in [5.41, 5.74) is 0.597. The van der Waals surface area contributed by atoms with E-state index in [1.807, 2.05) is 6.92 Å². The van der Waals surface area contributed by atoms with Crippen molar-refractivity contribution in [2.75, 3.05) is 25.0 Å². The molecule has 0 aromatic carbocycles. The number of carbonyl (C=O) groups is 2. The summed E-state index contributed by atoms with van der Waals surface area (Å²) in [6, 6.07) is 3.03. The van der Waals surface area contributed by atoms with Gasteiger partial charge in [-0.15, -0.1) is 0 Å². The fourth-order valence-electron chi connectivity index (χ4n) is 1.95. The topological polar surface area (TPSA) is 92.4 Å². The molecule has 0 spiro atoms. The minimum Gasteiger partial charge on any atom is -0.375 e. The van der Waals surface area contributed by atoms with Gasteiger partial charge in [-0.25, -0.2) is 0 Å². The molecule has 0 saturated carbocycles. The van der Waals surface area contributed by atoms with Gasteiger partial charge in [-0.05, 0) is 19.1 Å². The second-order valence-corrected chi connectivity index (χ2v) is 4.52. The molecule has 1 aliphatic rings. The van der Waals surface area contributed by atoms with E-state index in [0.29, 0.717) is 18.8 Å². The Balaban J connectivity index is 1.76. The maximum Gasteiger partial charge on any atom is 0.243 e. The molecule has 108 valence electrons. The minimum atomic E-state index is -0.421. The van der Waals surface area contributed by atoms with E-state index < -0.39 is 6.04 Å². The average molecular weight is 278 g/mol. The summed E-state index contributed by atoms with van der Waals surface area (Å²) in [5, 5.41) is 8.30. The number of carbonyl (C=O) groups excluding carboxylic acids is 2. The summed E-state index contributed by atoms with van der Waals surface area (Å²) >= 11 is 0. The Hall–Kier alpha value is -1.99. The van der Waals surface area contributed by atoms with Crippen molar-refractivity contribution >= 4 is 17.5 Å². The van der Waals surface area contributed by atoms with Gasteiger partial charge in [0.25, 0.3) is 0 Å². The molecule has 1 aromatic heterocycles. The van der Waals surface area contributed by atoms with Crippen LogP contribution in [-0.4, -0.2) is 48.6 Å². The molecule has 7 nitrogen and oxygen atoms in total. The van der Waals surface area contributed by atoms with Crippen LogP contribution in [0.5, 0.6) is 0 Å². The highest BCUT2D eigenvalue weighted by atomic mass is 16.5. The van der Waals surface area contributed by atoms with Gasteiger partial charge in [0.05, 0.1) is 31.1 Å². The van der Waals surface area contributed by atoms with Gasteiger partial charge < -0.3 is 20.7 Å². The van der Waals surface area contributed by atoms with Crippen LogP contribution in [0.4, 0.5) is 5.69 Å². The summed E-state index contributed by atoms with van der Waals surface area (Å²) in [6.45, 7) is 2.96. The molecule has 0 aliphatic carbocycles. The molecule has 2 heterocycles. The number of anilines is 1. The molecule has 2 amide bonds. The molecule has 2 atom stereocenters. The lowest BCUT2D eigenvalue weighted by molar-refractivity contribution is -0.130. The molecule has 0 unspecified atom stereocenters. The van der Waals surface area contributed by atoms with E-state index in [1.165, 1.54) is 0 Å². The van der Waals surface area contributed by atoms with Crippen LogP contribution >= 0.6 is 0 Å². The molecule has 20 heavy (non-hydrogen) atoms. The molecule has 2 rings (SSSR count). The molecular formula is C13H18N4O3. The van der Waals surface area contributed by atoms with Gasteiger partial charge in [-0.2, -0.15) is 0 Å². The van der Waals surface area contributed by atoms with E-state index in [0.717, 1.165) is 0 Å². The summed E-state index contributed by atoms with van der Waals surface area (Å²) in [7, 11) is 0. The second-order valence-electron chi connectivity index (χ2n) is 4.52. The van der Waals surface area contributed by atoms with Crippen LogP contribution in [0.15, 0.2) is 24.5 Å². The molecule has 1 aromatic rings. The number of nitrogens with one attached hydrogen (secondary N) is 3. The Kier molecular flexibility index (Phi) is 5.03. The van der Waals surface area contributed by atoms with E-state index >= 15 is 0 Å². The molecule has 1 saturated heterocycles. The van der Waals surface area contributed by atoms with Crippen molar-refractivity contribution in [3.8, 4) is 0 Å². The van der Waals surface area contributed by atoms with E-state index in [-0.39, 0.29) is 24.5 Å². The van der Waals surface area contributed by atoms with Gasteiger partial charge in [-0.1, -0.05) is 0 Å². The zero-order chi connectivity index (χ0) is 14.4. The van der Waals surface area contributed by atoms with E-state index in [1.54, 1.807) is 24.5 Å². The number of amides is 2. The second kappa shape index (κ2) is 6.97. The highest BCUT2D eigenvalue weighted by Gasteiger charge is 2.28. The van der Waals surface area contributed by atoms with Crippen LogP contribution in [0.1, 0.15) is 6.92 Å². The highest BCUT2D eigenvalue weighted by Crippen LogP contribution is 2.04. The Labute approximate surface area is 117 Å². The van der Waals surface area contributed by atoms with Crippen LogP contribution in [0.3, 0.4) is 0 Å². The summed E-state index contributed by atoms with van der Waals surface area (Å²) < 4.78 is 5.38. The molecule has 0 radical (unpaired) electrons. The quantitative estimate of drug-likeness (QED) is 0.691. The number of hydrogen-bond acceptors (Lipinski definition) is 5. The first kappa shape index (κ1) is 14.4. The lowest BCUT2D eigenvalue weighted by Crippen LogP contribution is -2.56. The first-order chi connectivity index (χ1) is 9.66. The van der Waals surface area contributed by atoms with Gasteiger partial charge >= 0.3 is 0 Å². The molecule has 0 bridgehead atoms. The Bertz CT molecular complexity index is 466. The van der Waals surface area contributed by atoms with Crippen molar-refractivity contribution in [1.82, 2.24) is 15.6 Å². The van der Waals surface area contributed by atoms with Crippen molar-refractivity contribution in [2.45, 2.75) is 19.1 Å². The fraction of sp³-hybridized carbons (Fsp3) is 0.462. The van der Waals surface area contributed by atoms with E-state index in [2.05, 4.69) is 20.9 Å². The van der Waals surface area contributed by atoms with Crippen LogP contribution in [-0.2, 0) is 14.3 Å². The van der Waals surface area contributed by atoms with Gasteiger partial charge in [0, 0.05) is 12.7 Å². The number of ether oxygens (including phenoxy) is 1. The molecular weight excluding hydrogens is 260 g/mol. The summed E-state index contributed by atoms with van der Waals surface area (Å²) in [6.07, 6.45) is 2.96. The predicted octanol–water partition coefficient (Wildman–Crippen LogP) is -0.487. The zero-order valence-electron chi connectivity index (χ0n) is 11.3. The lowest BCUT2D eigenvalue weighted by Gasteiger charge is -2.29. The van der Waals surface area contributed by atoms with Crippen LogP contribution in [0.2, 0.25) is 0 Å². The highest BCUT2D eigenvalue weighted by molar-refractivity contribution is 5.95. The summed E-state index contributed by atoms with van der Waals surface area (Å²) in [4.78, 5) is 27.5. The monoisotopic (exact) mass is 278 g/mol. The van der Waals surface area contributed by atoms with Crippen LogP contribution < -0.4 is 16.0 Å². The molecule has 7 heteroatoms. The first-order valence-corrected chi connectivity index (χ1v) is 6.49. The van der Waals surface area contributed by atoms with Crippen molar-refractivity contribution in [1.29, 1.82) is 0 Å². The third-order valence-electron chi connectivity index (χ3n) is 2.97. The molecule has 1 aliphatic heterocycles. The molecule has 3 N–H and O–H groups in total. The number of pyridine rings is 1. The third kappa shape index (κ3) is 4.01. The standard InChI is InChI=1S/C13H18N4O3/c1-9-12(15-5-6-20-9)13(19)16-8-11(18)17-10-3-2-4-14-7-10/h2-4,7,9,12,15H,5-6,8H2,1H3,(H,16,19)(H,17,18)/t9-,12+/m1/s1. The van der Waals surface area contributed by atoms with Gasteiger partial charge in [-0.3, -0.25) is 14.6 Å². The smallest absolute Gasteiger partial charge is 0.243 e. The van der Waals surface area contributed by atoms with Gasteiger partial charge in [0.1, 0.15) is 6.04 Å². The number of morpholine rings is 1. The minimum absolute atomic E-state index is 0.0847. The number of nitrogens with zero attached hydrogens (tertiary/aromatic N) is 1. The number of hydrogen-bond donors (Lipinski definition) is 3. The van der Waals surface area contributed by atoms with Crippen molar-refractivity contribution in [3.05, 3.63) is 24.5 Å². The SMILES string of the molecule is C[C@H]1OCCN[C@@H]1C(=O)NCC(=O)Nc1cccnc1. The normalized spacial score (nSPS) is 22.1. The van der Waals surface area contributed by atoms with Crippen molar-refractivity contribution in [3.63, 3.8) is 0 Å². The largest absolute Gasteiger partial charge is 0.375 e. The Morgan fingerprint density at radius 2 is 2.40 bits per heavy atom. The average Bonchev–Trinajstić information content (AvgIpc) is 2.46. The van der Waals surface area contributed by atoms with Crippen LogP contribution in [0, 0.1) is 0 Å². The number of rotatable bonds is 4. The first-order valence-electron chi connectivity index (χ1n) is 6.49. The Morgan fingerprint density at radius 3 is 3.10 bits per heavy atom. The maximum absolute atomic E-state index is 11.9.